The van der Waals surface area contributed by atoms with Crippen LogP contribution < -0.4 is 0 Å². The molecular formula is C20H26BrNO5. The fourth-order valence-electron chi connectivity index (χ4n) is 2.89. The van der Waals surface area contributed by atoms with Crippen LogP contribution in [0.25, 0.3) is 0 Å². The zero-order valence-corrected chi connectivity index (χ0v) is 17.7. The molecule has 0 aliphatic carbocycles. The average molecular weight is 440 g/mol. The summed E-state index contributed by atoms with van der Waals surface area (Å²) >= 11 is 3.33. The van der Waals surface area contributed by atoms with Crippen LogP contribution in [-0.2, 0) is 14.3 Å². The summed E-state index contributed by atoms with van der Waals surface area (Å²) in [6, 6.07) is 6.19. The zero-order chi connectivity index (χ0) is 20.2. The summed E-state index contributed by atoms with van der Waals surface area (Å²) in [5.74, 6) is -0.809. The van der Waals surface area contributed by atoms with Gasteiger partial charge in [-0.25, -0.2) is 9.59 Å². The van der Waals surface area contributed by atoms with Crippen molar-refractivity contribution in [3.63, 3.8) is 0 Å². The fourth-order valence-corrected chi connectivity index (χ4v) is 3.16. The zero-order valence-electron chi connectivity index (χ0n) is 16.2. The molecule has 1 aromatic carbocycles. The monoisotopic (exact) mass is 439 g/mol. The van der Waals surface area contributed by atoms with Crippen LogP contribution in [-0.4, -0.2) is 47.0 Å². The van der Waals surface area contributed by atoms with Crippen molar-refractivity contribution in [3.05, 3.63) is 34.3 Å². The number of carbonyl (C=O) groups excluding carboxylic acids is 3. The number of halogens is 1. The third-order valence-corrected chi connectivity index (χ3v) is 4.73. The first kappa shape index (κ1) is 21.4. The Bertz CT molecular complexity index is 695. The minimum Gasteiger partial charge on any atom is -0.452 e. The number of likely N-dealkylation sites (tertiary alicyclic amines) is 1. The maximum atomic E-state index is 12.7. The number of hydrogen-bond acceptors (Lipinski definition) is 5. The summed E-state index contributed by atoms with van der Waals surface area (Å²) < 4.78 is 11.7. The molecule has 1 heterocycles. The molecule has 7 heteroatoms. The molecule has 1 aliphatic heterocycles. The summed E-state index contributed by atoms with van der Waals surface area (Å²) in [5.41, 5.74) is -0.161. The van der Waals surface area contributed by atoms with Crippen LogP contribution in [0.5, 0.6) is 0 Å². The highest BCUT2D eigenvalue weighted by Gasteiger charge is 2.39. The van der Waals surface area contributed by atoms with Gasteiger partial charge in [-0.3, -0.25) is 9.69 Å². The Morgan fingerprint density at radius 2 is 1.85 bits per heavy atom. The minimum atomic E-state index is -0.875. The lowest BCUT2D eigenvalue weighted by Crippen LogP contribution is -2.45. The number of rotatable bonds is 5. The number of ketones is 1. The number of benzene rings is 1. The summed E-state index contributed by atoms with van der Waals surface area (Å²) in [4.78, 5) is 39.0. The van der Waals surface area contributed by atoms with E-state index in [-0.39, 0.29) is 5.78 Å². The van der Waals surface area contributed by atoms with E-state index in [0.29, 0.717) is 31.4 Å². The number of nitrogens with zero attached hydrogens (tertiary/aromatic N) is 1. The number of Topliss-reactive ketones (excluding diaryl/α,β-unsaturated/α-hetero) is 1. The molecular weight excluding hydrogens is 414 g/mol. The second-order valence-corrected chi connectivity index (χ2v) is 8.45. The smallest absolute Gasteiger partial charge is 0.411 e. The van der Waals surface area contributed by atoms with E-state index >= 15 is 0 Å². The van der Waals surface area contributed by atoms with Crippen molar-refractivity contribution >= 4 is 33.8 Å². The van der Waals surface area contributed by atoms with Gasteiger partial charge in [0, 0.05) is 16.6 Å². The van der Waals surface area contributed by atoms with Crippen molar-refractivity contribution in [2.75, 3.05) is 6.54 Å². The molecule has 1 aliphatic rings. The highest BCUT2D eigenvalue weighted by Crippen LogP contribution is 2.23. The van der Waals surface area contributed by atoms with Crippen LogP contribution >= 0.6 is 15.9 Å². The Morgan fingerprint density at radius 3 is 2.41 bits per heavy atom. The highest BCUT2D eigenvalue weighted by molar-refractivity contribution is 9.10. The summed E-state index contributed by atoms with van der Waals surface area (Å²) in [6.45, 7) is 7.55. The first-order valence-electron chi connectivity index (χ1n) is 9.12. The van der Waals surface area contributed by atoms with Gasteiger partial charge in [0.15, 0.2) is 6.10 Å². The first-order valence-corrected chi connectivity index (χ1v) is 9.91. The van der Waals surface area contributed by atoms with Gasteiger partial charge in [0.05, 0.1) is 0 Å². The van der Waals surface area contributed by atoms with E-state index in [1.54, 1.807) is 52.0 Å². The predicted octanol–water partition coefficient (Wildman–Crippen LogP) is 4.35. The molecule has 6 nitrogen and oxygen atoms in total. The van der Waals surface area contributed by atoms with Gasteiger partial charge in [-0.15, -0.1) is 0 Å². The minimum absolute atomic E-state index is 0.250. The molecule has 1 saturated heterocycles. The van der Waals surface area contributed by atoms with Crippen LogP contribution in [0.15, 0.2) is 28.7 Å². The lowest BCUT2D eigenvalue weighted by molar-refractivity contribution is -0.152. The molecule has 0 radical (unpaired) electrons. The quantitative estimate of drug-likeness (QED) is 0.503. The van der Waals surface area contributed by atoms with Gasteiger partial charge in [0.25, 0.3) is 0 Å². The highest BCUT2D eigenvalue weighted by atomic mass is 79.9. The fraction of sp³-hybridized carbons (Fsp3) is 0.550. The molecule has 1 amide bonds. The summed E-state index contributed by atoms with van der Waals surface area (Å²) in [6.07, 6.45) is 0.144. The van der Waals surface area contributed by atoms with Crippen molar-refractivity contribution in [1.29, 1.82) is 0 Å². The Balaban J connectivity index is 2.05. The van der Waals surface area contributed by atoms with E-state index in [4.69, 9.17) is 9.47 Å². The van der Waals surface area contributed by atoms with Crippen LogP contribution in [0.1, 0.15) is 57.3 Å². The molecule has 0 aromatic heterocycles. The normalized spacial score (nSPS) is 18.1. The van der Waals surface area contributed by atoms with Gasteiger partial charge in [-0.05, 0) is 52.2 Å². The molecule has 0 bridgehead atoms. The van der Waals surface area contributed by atoms with Gasteiger partial charge in [-0.2, -0.15) is 0 Å². The molecule has 2 rings (SSSR count). The van der Waals surface area contributed by atoms with Gasteiger partial charge in [-0.1, -0.05) is 35.0 Å². The lowest BCUT2D eigenvalue weighted by Gasteiger charge is -2.28. The van der Waals surface area contributed by atoms with Gasteiger partial charge < -0.3 is 9.47 Å². The van der Waals surface area contributed by atoms with E-state index < -0.39 is 29.8 Å². The molecule has 1 aromatic rings. The lowest BCUT2D eigenvalue weighted by atomic mass is 10.0. The average Bonchev–Trinajstić information content (AvgIpc) is 3.08. The van der Waals surface area contributed by atoms with Crippen molar-refractivity contribution in [3.8, 4) is 0 Å². The summed E-state index contributed by atoms with van der Waals surface area (Å²) in [7, 11) is 0. The standard InChI is InChI=1S/C20H26BrNO5/c1-5-16(17(23)13-8-10-14(21)11-9-13)26-18(24)15-7-6-12-22(15)19(25)27-20(2,3)4/h8-11,15-16H,5-7,12H2,1-4H3/t15-,16?/m0/s1. The largest absolute Gasteiger partial charge is 0.452 e. The molecule has 148 valence electrons. The number of carbonyl (C=O) groups is 3. The number of hydrogen-bond donors (Lipinski definition) is 0. The van der Waals surface area contributed by atoms with Gasteiger partial charge in [0.2, 0.25) is 5.78 Å². The Morgan fingerprint density at radius 1 is 1.22 bits per heavy atom. The first-order chi connectivity index (χ1) is 12.6. The Hall–Kier alpha value is -1.89. The van der Waals surface area contributed by atoms with E-state index in [1.165, 1.54) is 4.90 Å². The third-order valence-electron chi connectivity index (χ3n) is 4.20. The molecule has 0 N–H and O–H groups in total. The predicted molar refractivity (Wildman–Crippen MR) is 105 cm³/mol. The topological polar surface area (TPSA) is 72.9 Å². The molecule has 27 heavy (non-hydrogen) atoms. The molecule has 0 saturated carbocycles. The molecule has 2 atom stereocenters. The maximum Gasteiger partial charge on any atom is 0.411 e. The van der Waals surface area contributed by atoms with Crippen LogP contribution in [0.3, 0.4) is 0 Å². The SMILES string of the molecule is CCC(OC(=O)[C@@H]1CCCN1C(=O)OC(C)(C)C)C(=O)c1ccc(Br)cc1. The molecule has 1 unspecified atom stereocenters. The Labute approximate surface area is 168 Å². The van der Waals surface area contributed by atoms with Gasteiger partial charge >= 0.3 is 12.1 Å². The molecule has 0 spiro atoms. The van der Waals surface area contributed by atoms with E-state index in [1.807, 2.05) is 0 Å². The van der Waals surface area contributed by atoms with E-state index in [9.17, 15) is 14.4 Å². The van der Waals surface area contributed by atoms with Gasteiger partial charge in [0.1, 0.15) is 11.6 Å². The maximum absolute atomic E-state index is 12.7. The van der Waals surface area contributed by atoms with Crippen LogP contribution in [0.2, 0.25) is 0 Å². The Kier molecular flexibility index (Phi) is 7.03. The van der Waals surface area contributed by atoms with Crippen molar-refractivity contribution in [1.82, 2.24) is 4.90 Å². The van der Waals surface area contributed by atoms with Crippen molar-refractivity contribution in [2.24, 2.45) is 0 Å². The second kappa shape index (κ2) is 8.87. The van der Waals surface area contributed by atoms with Crippen LogP contribution in [0, 0.1) is 0 Å². The third kappa shape index (κ3) is 5.79. The van der Waals surface area contributed by atoms with E-state index in [2.05, 4.69) is 15.9 Å². The number of ether oxygens (including phenoxy) is 2. The molecule has 1 fully saturated rings. The van der Waals surface area contributed by atoms with E-state index in [0.717, 1.165) is 4.47 Å². The van der Waals surface area contributed by atoms with Crippen molar-refractivity contribution in [2.45, 2.75) is 64.7 Å². The second-order valence-electron chi connectivity index (χ2n) is 7.54. The number of esters is 1. The summed E-state index contributed by atoms with van der Waals surface area (Å²) in [5, 5.41) is 0. The number of amides is 1. The van der Waals surface area contributed by atoms with Crippen molar-refractivity contribution < 1.29 is 23.9 Å². The van der Waals surface area contributed by atoms with Crippen LogP contribution in [0.4, 0.5) is 4.79 Å².